The van der Waals surface area contributed by atoms with E-state index in [1.165, 1.54) is 0 Å². The van der Waals surface area contributed by atoms with Crippen molar-refractivity contribution in [3.63, 3.8) is 0 Å². The molecule has 2 heterocycles. The Kier molecular flexibility index (Phi) is 4.51. The van der Waals surface area contributed by atoms with Crippen LogP contribution in [0.1, 0.15) is 20.9 Å². The molecule has 0 aliphatic carbocycles. The molecule has 0 unspecified atom stereocenters. The first-order valence-corrected chi connectivity index (χ1v) is 9.24. The number of nitrogens with zero attached hydrogens (tertiary/aromatic N) is 2. The van der Waals surface area contributed by atoms with Crippen LogP contribution in [0, 0.1) is 0 Å². The van der Waals surface area contributed by atoms with Crippen LogP contribution >= 0.6 is 15.9 Å². The molecule has 2 aromatic carbocycles. The fraction of sp³-hybridized carbons (Fsp3) is 0.200. The standard InChI is InChI=1S/C20H17BrN2O3/c21-16-6-7-17-15(12-16)13-18(26-17)20(25)23-10-8-22(9-11-23)19(24)14-4-2-1-3-5-14/h1-7,12-13H,8-11H2. The van der Waals surface area contributed by atoms with E-state index < -0.39 is 0 Å². The van der Waals surface area contributed by atoms with Crippen LogP contribution in [0.15, 0.2) is 63.5 Å². The van der Waals surface area contributed by atoms with Crippen LogP contribution in [0.25, 0.3) is 11.0 Å². The minimum atomic E-state index is -0.135. The van der Waals surface area contributed by atoms with Crippen LogP contribution in [-0.4, -0.2) is 47.8 Å². The van der Waals surface area contributed by atoms with Gasteiger partial charge in [-0.25, -0.2) is 0 Å². The van der Waals surface area contributed by atoms with E-state index in [1.807, 2.05) is 48.5 Å². The molecule has 1 fully saturated rings. The SMILES string of the molecule is O=C(c1ccccc1)N1CCN(C(=O)c2cc3cc(Br)ccc3o2)CC1. The Balaban J connectivity index is 1.43. The molecule has 6 heteroatoms. The van der Waals surface area contributed by atoms with Crippen molar-refractivity contribution in [3.8, 4) is 0 Å². The Bertz CT molecular complexity index is 960. The number of rotatable bonds is 2. The average molecular weight is 413 g/mol. The lowest BCUT2D eigenvalue weighted by molar-refractivity contribution is 0.0519. The summed E-state index contributed by atoms with van der Waals surface area (Å²) in [5, 5.41) is 0.889. The number of furan rings is 1. The molecule has 0 spiro atoms. The van der Waals surface area contributed by atoms with Crippen molar-refractivity contribution in [1.29, 1.82) is 0 Å². The second-order valence-electron chi connectivity index (χ2n) is 6.24. The first-order chi connectivity index (χ1) is 12.6. The van der Waals surface area contributed by atoms with Gasteiger partial charge < -0.3 is 14.2 Å². The van der Waals surface area contributed by atoms with Gasteiger partial charge in [-0.2, -0.15) is 0 Å². The first kappa shape index (κ1) is 16.8. The fourth-order valence-electron chi connectivity index (χ4n) is 3.15. The minimum Gasteiger partial charge on any atom is -0.451 e. The average Bonchev–Trinajstić information content (AvgIpc) is 3.11. The van der Waals surface area contributed by atoms with Crippen molar-refractivity contribution < 1.29 is 14.0 Å². The number of piperazine rings is 1. The number of carbonyl (C=O) groups is 2. The predicted octanol–water partition coefficient (Wildman–Crippen LogP) is 3.79. The predicted molar refractivity (Wildman–Crippen MR) is 102 cm³/mol. The maximum Gasteiger partial charge on any atom is 0.289 e. The number of amides is 2. The van der Waals surface area contributed by atoms with E-state index in [2.05, 4.69) is 15.9 Å². The highest BCUT2D eigenvalue weighted by Crippen LogP contribution is 2.24. The van der Waals surface area contributed by atoms with Gasteiger partial charge in [-0.1, -0.05) is 34.1 Å². The lowest BCUT2D eigenvalue weighted by atomic mass is 10.2. The first-order valence-electron chi connectivity index (χ1n) is 8.44. The van der Waals surface area contributed by atoms with Gasteiger partial charge in [0.15, 0.2) is 5.76 Å². The Hall–Kier alpha value is -2.60. The highest BCUT2D eigenvalue weighted by Gasteiger charge is 2.27. The lowest BCUT2D eigenvalue weighted by Gasteiger charge is -2.34. The monoisotopic (exact) mass is 412 g/mol. The molecule has 132 valence electrons. The van der Waals surface area contributed by atoms with Gasteiger partial charge in [-0.15, -0.1) is 0 Å². The van der Waals surface area contributed by atoms with E-state index in [0.29, 0.717) is 43.1 Å². The fourth-order valence-corrected chi connectivity index (χ4v) is 3.53. The molecule has 0 atom stereocenters. The highest BCUT2D eigenvalue weighted by atomic mass is 79.9. The molecule has 0 bridgehead atoms. The Labute approximate surface area is 159 Å². The molecular weight excluding hydrogens is 396 g/mol. The minimum absolute atomic E-state index is 0.00582. The lowest BCUT2D eigenvalue weighted by Crippen LogP contribution is -2.50. The van der Waals surface area contributed by atoms with Crippen LogP contribution in [0.3, 0.4) is 0 Å². The van der Waals surface area contributed by atoms with Gasteiger partial charge in [0.2, 0.25) is 0 Å². The molecule has 0 N–H and O–H groups in total. The summed E-state index contributed by atoms with van der Waals surface area (Å²) >= 11 is 3.42. The number of benzene rings is 2. The van der Waals surface area contributed by atoms with E-state index in [-0.39, 0.29) is 11.8 Å². The maximum absolute atomic E-state index is 12.7. The van der Waals surface area contributed by atoms with Crippen molar-refractivity contribution in [1.82, 2.24) is 9.80 Å². The van der Waals surface area contributed by atoms with Crippen molar-refractivity contribution in [3.05, 3.63) is 70.4 Å². The molecule has 0 radical (unpaired) electrons. The molecule has 5 nitrogen and oxygen atoms in total. The van der Waals surface area contributed by atoms with Crippen molar-refractivity contribution >= 4 is 38.7 Å². The summed E-state index contributed by atoms with van der Waals surface area (Å²) in [4.78, 5) is 28.7. The molecule has 1 saturated heterocycles. The summed E-state index contributed by atoms with van der Waals surface area (Å²) in [5.74, 6) is 0.205. The molecule has 26 heavy (non-hydrogen) atoms. The van der Waals surface area contributed by atoms with E-state index in [0.717, 1.165) is 9.86 Å². The number of fused-ring (bicyclic) bond motifs is 1. The Morgan fingerprint density at radius 3 is 2.19 bits per heavy atom. The van der Waals surface area contributed by atoms with Gasteiger partial charge in [-0.3, -0.25) is 9.59 Å². The van der Waals surface area contributed by atoms with Gasteiger partial charge in [0.1, 0.15) is 5.58 Å². The summed E-state index contributed by atoms with van der Waals surface area (Å²) < 4.78 is 6.63. The summed E-state index contributed by atoms with van der Waals surface area (Å²) in [6.07, 6.45) is 0. The van der Waals surface area contributed by atoms with Gasteiger partial charge in [0, 0.05) is 41.6 Å². The molecule has 1 aliphatic heterocycles. The molecule has 2 amide bonds. The quantitative estimate of drug-likeness (QED) is 0.643. The highest BCUT2D eigenvalue weighted by molar-refractivity contribution is 9.10. The number of hydrogen-bond donors (Lipinski definition) is 0. The van der Waals surface area contributed by atoms with Crippen LogP contribution in [-0.2, 0) is 0 Å². The molecule has 1 aliphatic rings. The summed E-state index contributed by atoms with van der Waals surface area (Å²) in [6, 6.07) is 16.6. The molecular formula is C20H17BrN2O3. The zero-order chi connectivity index (χ0) is 18.1. The van der Waals surface area contributed by atoms with Gasteiger partial charge in [0.05, 0.1) is 0 Å². The number of halogens is 1. The van der Waals surface area contributed by atoms with Gasteiger partial charge >= 0.3 is 0 Å². The van der Waals surface area contributed by atoms with Crippen molar-refractivity contribution in [2.24, 2.45) is 0 Å². The Morgan fingerprint density at radius 1 is 0.846 bits per heavy atom. The van der Waals surface area contributed by atoms with Crippen LogP contribution in [0.5, 0.6) is 0 Å². The molecule has 0 saturated carbocycles. The van der Waals surface area contributed by atoms with E-state index in [9.17, 15) is 9.59 Å². The second kappa shape index (κ2) is 6.96. The number of hydrogen-bond acceptors (Lipinski definition) is 3. The summed E-state index contributed by atoms with van der Waals surface area (Å²) in [7, 11) is 0. The van der Waals surface area contributed by atoms with Gasteiger partial charge in [0.25, 0.3) is 11.8 Å². The maximum atomic E-state index is 12.7. The van der Waals surface area contributed by atoms with Crippen LogP contribution in [0.4, 0.5) is 0 Å². The van der Waals surface area contributed by atoms with E-state index >= 15 is 0 Å². The summed E-state index contributed by atoms with van der Waals surface area (Å²) in [6.45, 7) is 2.03. The smallest absolute Gasteiger partial charge is 0.289 e. The third-order valence-electron chi connectivity index (χ3n) is 4.56. The van der Waals surface area contributed by atoms with Crippen molar-refractivity contribution in [2.45, 2.75) is 0 Å². The zero-order valence-corrected chi connectivity index (χ0v) is 15.6. The zero-order valence-electron chi connectivity index (χ0n) is 14.0. The molecule has 3 aromatic rings. The summed E-state index contributed by atoms with van der Waals surface area (Å²) in [5.41, 5.74) is 1.37. The van der Waals surface area contributed by atoms with E-state index in [4.69, 9.17) is 4.42 Å². The topological polar surface area (TPSA) is 53.8 Å². The van der Waals surface area contributed by atoms with E-state index in [1.54, 1.807) is 15.9 Å². The third kappa shape index (κ3) is 3.24. The van der Waals surface area contributed by atoms with Crippen LogP contribution in [0.2, 0.25) is 0 Å². The second-order valence-corrected chi connectivity index (χ2v) is 7.16. The Morgan fingerprint density at radius 2 is 1.50 bits per heavy atom. The molecule has 1 aromatic heterocycles. The number of carbonyl (C=O) groups excluding carboxylic acids is 2. The van der Waals surface area contributed by atoms with Crippen molar-refractivity contribution in [2.75, 3.05) is 26.2 Å². The third-order valence-corrected chi connectivity index (χ3v) is 5.06. The normalized spacial score (nSPS) is 14.7. The molecule has 4 rings (SSSR count). The largest absolute Gasteiger partial charge is 0.451 e. The van der Waals surface area contributed by atoms with Gasteiger partial charge in [-0.05, 0) is 36.4 Å². The van der Waals surface area contributed by atoms with Crippen LogP contribution < -0.4 is 0 Å².